The highest BCUT2D eigenvalue weighted by molar-refractivity contribution is 5.91. The number of rotatable bonds is 8. The molecule has 0 spiro atoms. The molecular weight excluding hydrogens is 390 g/mol. The number of fused-ring (bicyclic) bond motifs is 1. The molecule has 2 N–H and O–H groups in total. The van der Waals surface area contributed by atoms with Crippen molar-refractivity contribution in [2.75, 3.05) is 26.2 Å². The molecule has 1 aliphatic heterocycles. The average molecular weight is 420 g/mol. The minimum atomic E-state index is -0.195. The zero-order chi connectivity index (χ0) is 21.5. The first-order valence-electron chi connectivity index (χ1n) is 11.0. The fourth-order valence-electron chi connectivity index (χ4n) is 4.25. The Hall–Kier alpha value is -3.12. The zero-order valence-corrected chi connectivity index (χ0v) is 17.7. The maximum absolute atomic E-state index is 12.4. The van der Waals surface area contributed by atoms with E-state index in [1.54, 1.807) is 6.26 Å². The maximum Gasteiger partial charge on any atom is 0.239 e. The van der Waals surface area contributed by atoms with Crippen LogP contribution in [0.3, 0.4) is 0 Å². The molecule has 0 bridgehead atoms. The summed E-state index contributed by atoms with van der Waals surface area (Å²) >= 11 is 0. The molecule has 6 nitrogen and oxygen atoms in total. The summed E-state index contributed by atoms with van der Waals surface area (Å²) in [7, 11) is 0. The molecule has 0 radical (unpaired) electrons. The summed E-state index contributed by atoms with van der Waals surface area (Å²) in [6, 6.07) is 17.8. The van der Waals surface area contributed by atoms with Gasteiger partial charge in [0.15, 0.2) is 0 Å². The van der Waals surface area contributed by atoms with Gasteiger partial charge in [-0.05, 0) is 54.4 Å². The second kappa shape index (κ2) is 10.3. The Morgan fingerprint density at radius 2 is 1.71 bits per heavy atom. The largest absolute Gasteiger partial charge is 0.468 e. The Kier molecular flexibility index (Phi) is 6.99. The molecule has 1 unspecified atom stereocenters. The second-order valence-electron chi connectivity index (χ2n) is 8.02. The number of nitrogens with zero attached hydrogens (tertiary/aromatic N) is 1. The Balaban J connectivity index is 1.28. The van der Waals surface area contributed by atoms with E-state index in [4.69, 9.17) is 4.42 Å². The first kappa shape index (κ1) is 21.1. The van der Waals surface area contributed by atoms with E-state index in [0.717, 1.165) is 48.0 Å². The van der Waals surface area contributed by atoms with Crippen molar-refractivity contribution in [3.05, 3.63) is 72.2 Å². The number of furan rings is 1. The lowest BCUT2D eigenvalue weighted by Crippen LogP contribution is -2.43. The van der Waals surface area contributed by atoms with Gasteiger partial charge in [-0.15, -0.1) is 0 Å². The lowest BCUT2D eigenvalue weighted by molar-refractivity contribution is -0.125. The number of carbonyl (C=O) groups excluding carboxylic acids is 2. The number of amides is 2. The van der Waals surface area contributed by atoms with Gasteiger partial charge in [-0.2, -0.15) is 0 Å². The predicted octanol–water partition coefficient (Wildman–Crippen LogP) is 3.43. The predicted molar refractivity (Wildman–Crippen MR) is 121 cm³/mol. The molecule has 2 heterocycles. The van der Waals surface area contributed by atoms with Gasteiger partial charge in [-0.3, -0.25) is 14.5 Å². The summed E-state index contributed by atoms with van der Waals surface area (Å²) in [6.45, 7) is 2.44. The minimum absolute atomic E-state index is 0.0191. The summed E-state index contributed by atoms with van der Waals surface area (Å²) in [4.78, 5) is 27.2. The highest BCUT2D eigenvalue weighted by Crippen LogP contribution is 2.24. The molecule has 1 atom stereocenters. The number of benzene rings is 2. The number of carbonyl (C=O) groups is 2. The van der Waals surface area contributed by atoms with Crippen molar-refractivity contribution in [2.24, 2.45) is 0 Å². The molecule has 1 aliphatic rings. The van der Waals surface area contributed by atoms with E-state index in [9.17, 15) is 9.59 Å². The maximum atomic E-state index is 12.4. The van der Waals surface area contributed by atoms with Crippen LogP contribution in [0, 0.1) is 0 Å². The summed E-state index contributed by atoms with van der Waals surface area (Å²) in [5.74, 6) is 0.507. The first-order chi connectivity index (χ1) is 15.2. The van der Waals surface area contributed by atoms with E-state index in [1.807, 2.05) is 54.6 Å². The summed E-state index contributed by atoms with van der Waals surface area (Å²) < 4.78 is 5.62. The Morgan fingerprint density at radius 1 is 0.903 bits per heavy atom. The van der Waals surface area contributed by atoms with Gasteiger partial charge >= 0.3 is 0 Å². The molecule has 1 fully saturated rings. The third-order valence-electron chi connectivity index (χ3n) is 5.87. The molecule has 162 valence electrons. The van der Waals surface area contributed by atoms with Crippen LogP contribution >= 0.6 is 0 Å². The van der Waals surface area contributed by atoms with E-state index in [0.29, 0.717) is 6.54 Å². The lowest BCUT2D eigenvalue weighted by atomic mass is 10.0. The van der Waals surface area contributed by atoms with Crippen LogP contribution in [0.1, 0.15) is 36.6 Å². The van der Waals surface area contributed by atoms with Crippen LogP contribution in [0.4, 0.5) is 0 Å². The number of nitrogens with one attached hydrogen (secondary N) is 2. The molecule has 31 heavy (non-hydrogen) atoms. The topological polar surface area (TPSA) is 74.6 Å². The summed E-state index contributed by atoms with van der Waals surface area (Å²) in [5, 5.41) is 7.87. The third-order valence-corrected chi connectivity index (χ3v) is 5.87. The summed E-state index contributed by atoms with van der Waals surface area (Å²) in [6.07, 6.45) is 5.49. The van der Waals surface area contributed by atoms with Crippen molar-refractivity contribution in [1.29, 1.82) is 0 Å². The highest BCUT2D eigenvalue weighted by Gasteiger charge is 2.24. The quantitative estimate of drug-likeness (QED) is 0.587. The number of hydrogen-bond acceptors (Lipinski definition) is 4. The zero-order valence-electron chi connectivity index (χ0n) is 17.7. The average Bonchev–Trinajstić information content (AvgIpc) is 3.33. The van der Waals surface area contributed by atoms with Gasteiger partial charge in [0.1, 0.15) is 5.76 Å². The molecule has 4 rings (SSSR count). The fraction of sp³-hybridized carbons (Fsp3) is 0.360. The molecule has 2 aromatic carbocycles. The highest BCUT2D eigenvalue weighted by atomic mass is 16.3. The van der Waals surface area contributed by atoms with Crippen LogP contribution < -0.4 is 10.6 Å². The van der Waals surface area contributed by atoms with E-state index in [-0.39, 0.29) is 30.8 Å². The van der Waals surface area contributed by atoms with Crippen molar-refractivity contribution in [3.8, 4) is 0 Å². The number of piperidine rings is 1. The van der Waals surface area contributed by atoms with Crippen LogP contribution in [0.5, 0.6) is 0 Å². The Bertz CT molecular complexity index is 1000. The van der Waals surface area contributed by atoms with Gasteiger partial charge in [-0.1, -0.05) is 48.9 Å². The van der Waals surface area contributed by atoms with Crippen LogP contribution in [-0.4, -0.2) is 42.9 Å². The minimum Gasteiger partial charge on any atom is -0.468 e. The van der Waals surface area contributed by atoms with Crippen molar-refractivity contribution < 1.29 is 14.0 Å². The van der Waals surface area contributed by atoms with Gasteiger partial charge < -0.3 is 15.1 Å². The smallest absolute Gasteiger partial charge is 0.239 e. The van der Waals surface area contributed by atoms with Crippen LogP contribution in [0.25, 0.3) is 10.8 Å². The van der Waals surface area contributed by atoms with Crippen molar-refractivity contribution >= 4 is 22.6 Å². The molecule has 6 heteroatoms. The van der Waals surface area contributed by atoms with Crippen molar-refractivity contribution in [3.63, 3.8) is 0 Å². The van der Waals surface area contributed by atoms with Gasteiger partial charge in [0.2, 0.25) is 11.8 Å². The SMILES string of the molecule is O=C(CNC(=O)Cc1cccc2ccccc12)NCC(c1ccco1)N1CCCCC1. The van der Waals surface area contributed by atoms with Crippen LogP contribution in [0.15, 0.2) is 65.3 Å². The Morgan fingerprint density at radius 3 is 2.52 bits per heavy atom. The molecule has 2 amide bonds. The van der Waals surface area contributed by atoms with Gasteiger partial charge in [-0.25, -0.2) is 0 Å². The molecule has 3 aromatic rings. The standard InChI is InChI=1S/C25H29N3O3/c29-24(16-20-10-6-9-19-8-2-3-11-21(19)20)27-18-25(30)26-17-22(23-12-7-15-31-23)28-13-4-1-5-14-28/h2-3,6-12,15,22H,1,4-5,13-14,16-18H2,(H,26,30)(H,27,29). The van der Waals surface area contributed by atoms with E-state index in [1.165, 1.54) is 6.42 Å². The molecule has 0 saturated carbocycles. The third kappa shape index (κ3) is 5.52. The molecule has 0 aliphatic carbocycles. The van der Waals surface area contributed by atoms with Crippen molar-refractivity contribution in [1.82, 2.24) is 15.5 Å². The summed E-state index contributed by atoms with van der Waals surface area (Å²) in [5.41, 5.74) is 0.957. The normalized spacial score (nSPS) is 15.5. The lowest BCUT2D eigenvalue weighted by Gasteiger charge is -2.33. The monoisotopic (exact) mass is 419 g/mol. The molecular formula is C25H29N3O3. The van der Waals surface area contributed by atoms with Gasteiger partial charge in [0.25, 0.3) is 0 Å². The molecule has 1 saturated heterocycles. The van der Waals surface area contributed by atoms with Crippen LogP contribution in [0.2, 0.25) is 0 Å². The van der Waals surface area contributed by atoms with Crippen LogP contribution in [-0.2, 0) is 16.0 Å². The van der Waals surface area contributed by atoms with E-state index >= 15 is 0 Å². The number of hydrogen-bond donors (Lipinski definition) is 2. The van der Waals surface area contributed by atoms with E-state index in [2.05, 4.69) is 15.5 Å². The van der Waals surface area contributed by atoms with E-state index < -0.39 is 0 Å². The van der Waals surface area contributed by atoms with Gasteiger partial charge in [0, 0.05) is 6.54 Å². The Labute approximate surface area is 182 Å². The number of likely N-dealkylation sites (tertiary alicyclic amines) is 1. The van der Waals surface area contributed by atoms with Gasteiger partial charge in [0.05, 0.1) is 25.3 Å². The fourth-order valence-corrected chi connectivity index (χ4v) is 4.25. The first-order valence-corrected chi connectivity index (χ1v) is 11.0. The van der Waals surface area contributed by atoms with Crippen molar-refractivity contribution in [2.45, 2.75) is 31.7 Å². The molecule has 1 aromatic heterocycles. The second-order valence-corrected chi connectivity index (χ2v) is 8.02.